The molecule has 0 saturated carbocycles. The van der Waals surface area contributed by atoms with Crippen LogP contribution >= 0.6 is 0 Å². The van der Waals surface area contributed by atoms with Gasteiger partial charge in [-0.05, 0) is 38.0 Å². The summed E-state index contributed by atoms with van der Waals surface area (Å²) in [6, 6.07) is 7.27. The fourth-order valence-electron chi connectivity index (χ4n) is 2.13. The van der Waals surface area contributed by atoms with Crippen molar-refractivity contribution in [1.82, 2.24) is 9.97 Å². The zero-order chi connectivity index (χ0) is 16.8. The summed E-state index contributed by atoms with van der Waals surface area (Å²) in [5.41, 5.74) is 1.97. The number of nitrogens with one attached hydrogen (secondary N) is 2. The lowest BCUT2D eigenvalue weighted by molar-refractivity contribution is 0.102. The van der Waals surface area contributed by atoms with Gasteiger partial charge in [0.2, 0.25) is 0 Å². The third-order valence-corrected chi connectivity index (χ3v) is 3.23. The van der Waals surface area contributed by atoms with Crippen LogP contribution in [-0.4, -0.2) is 29.5 Å². The maximum atomic E-state index is 12.5. The van der Waals surface area contributed by atoms with E-state index in [-0.39, 0.29) is 5.91 Å². The van der Waals surface area contributed by atoms with Crippen molar-refractivity contribution in [3.05, 3.63) is 41.3 Å². The highest BCUT2D eigenvalue weighted by Crippen LogP contribution is 2.25. The summed E-state index contributed by atoms with van der Waals surface area (Å²) >= 11 is 0. The molecule has 0 aliphatic carbocycles. The molecule has 0 saturated heterocycles. The van der Waals surface area contributed by atoms with E-state index in [1.165, 1.54) is 0 Å². The average Bonchev–Trinajstić information content (AvgIpc) is 2.52. The average molecular weight is 314 g/mol. The molecule has 1 aromatic heterocycles. The maximum Gasteiger partial charge on any atom is 0.274 e. The van der Waals surface area contributed by atoms with Gasteiger partial charge in [-0.15, -0.1) is 0 Å². The molecule has 1 heterocycles. The summed E-state index contributed by atoms with van der Waals surface area (Å²) < 4.78 is 5.28. The first-order valence-electron chi connectivity index (χ1n) is 7.59. The van der Waals surface area contributed by atoms with Crippen molar-refractivity contribution in [2.75, 3.05) is 24.3 Å². The van der Waals surface area contributed by atoms with E-state index in [1.807, 2.05) is 25.1 Å². The van der Waals surface area contributed by atoms with Crippen molar-refractivity contribution in [1.29, 1.82) is 0 Å². The molecular formula is C17H22N4O2. The fraction of sp³-hybridized carbons (Fsp3) is 0.353. The summed E-state index contributed by atoms with van der Waals surface area (Å²) in [6.07, 6.45) is 0.977. The first-order chi connectivity index (χ1) is 11.0. The van der Waals surface area contributed by atoms with Crippen LogP contribution in [0.25, 0.3) is 0 Å². The number of carbonyl (C=O) groups excluding carboxylic acids is 1. The van der Waals surface area contributed by atoms with Gasteiger partial charge in [-0.3, -0.25) is 4.79 Å². The van der Waals surface area contributed by atoms with E-state index >= 15 is 0 Å². The van der Waals surface area contributed by atoms with Gasteiger partial charge in [-0.25, -0.2) is 9.97 Å². The number of rotatable bonds is 6. The predicted octanol–water partition coefficient (Wildman–Crippen LogP) is 3.18. The molecule has 0 radical (unpaired) electrons. The summed E-state index contributed by atoms with van der Waals surface area (Å²) in [5.74, 6) is 1.52. The number of methoxy groups -OCH3 is 1. The van der Waals surface area contributed by atoms with Crippen molar-refractivity contribution < 1.29 is 9.53 Å². The van der Waals surface area contributed by atoms with Crippen LogP contribution in [0.15, 0.2) is 24.3 Å². The SMILES string of the molecule is CCCNc1cc(C(=O)Nc2cc(C)ccc2OC)nc(C)n1. The highest BCUT2D eigenvalue weighted by atomic mass is 16.5. The minimum absolute atomic E-state index is 0.293. The number of amides is 1. The minimum atomic E-state index is -0.293. The van der Waals surface area contributed by atoms with E-state index in [4.69, 9.17) is 4.74 Å². The molecule has 2 rings (SSSR count). The van der Waals surface area contributed by atoms with E-state index in [1.54, 1.807) is 20.1 Å². The van der Waals surface area contributed by atoms with Gasteiger partial charge >= 0.3 is 0 Å². The van der Waals surface area contributed by atoms with Crippen molar-refractivity contribution in [3.8, 4) is 5.75 Å². The molecule has 6 nitrogen and oxygen atoms in total. The lowest BCUT2D eigenvalue weighted by Crippen LogP contribution is -2.16. The van der Waals surface area contributed by atoms with Crippen LogP contribution in [0.1, 0.15) is 35.2 Å². The molecule has 6 heteroatoms. The van der Waals surface area contributed by atoms with E-state index in [0.717, 1.165) is 18.5 Å². The Morgan fingerprint density at radius 1 is 1.22 bits per heavy atom. The van der Waals surface area contributed by atoms with Crippen molar-refractivity contribution in [2.45, 2.75) is 27.2 Å². The Balaban J connectivity index is 2.24. The summed E-state index contributed by atoms with van der Waals surface area (Å²) in [4.78, 5) is 21.0. The summed E-state index contributed by atoms with van der Waals surface area (Å²) in [7, 11) is 1.57. The zero-order valence-corrected chi connectivity index (χ0v) is 13.9. The van der Waals surface area contributed by atoms with Crippen molar-refractivity contribution >= 4 is 17.4 Å². The molecule has 0 atom stereocenters. The highest BCUT2D eigenvalue weighted by molar-refractivity contribution is 6.04. The Kier molecular flexibility index (Phi) is 5.51. The zero-order valence-electron chi connectivity index (χ0n) is 13.9. The van der Waals surface area contributed by atoms with Gasteiger partial charge in [-0.1, -0.05) is 13.0 Å². The standard InChI is InChI=1S/C17H22N4O2/c1-5-8-18-16-10-14(19-12(3)20-16)17(22)21-13-9-11(2)6-7-15(13)23-4/h6-7,9-10H,5,8H2,1-4H3,(H,21,22)(H,18,19,20). The Morgan fingerprint density at radius 3 is 2.70 bits per heavy atom. The van der Waals surface area contributed by atoms with E-state index in [9.17, 15) is 4.79 Å². The second-order valence-electron chi connectivity index (χ2n) is 5.27. The molecule has 0 unspecified atom stereocenters. The number of aryl methyl sites for hydroxylation is 2. The van der Waals surface area contributed by atoms with Crippen LogP contribution in [0.3, 0.4) is 0 Å². The maximum absolute atomic E-state index is 12.5. The van der Waals surface area contributed by atoms with Crippen LogP contribution in [-0.2, 0) is 0 Å². The molecule has 1 aromatic carbocycles. The van der Waals surface area contributed by atoms with Gasteiger partial charge in [0, 0.05) is 12.6 Å². The molecule has 0 fully saturated rings. The van der Waals surface area contributed by atoms with Crippen LogP contribution in [0.5, 0.6) is 5.75 Å². The number of ether oxygens (including phenoxy) is 1. The first-order valence-corrected chi connectivity index (χ1v) is 7.59. The monoisotopic (exact) mass is 314 g/mol. The van der Waals surface area contributed by atoms with Crippen LogP contribution in [0.4, 0.5) is 11.5 Å². The summed E-state index contributed by atoms with van der Waals surface area (Å²) in [5, 5.41) is 6.02. The molecule has 0 spiro atoms. The molecule has 2 aromatic rings. The van der Waals surface area contributed by atoms with Gasteiger partial charge in [0.25, 0.3) is 5.91 Å². The number of aromatic nitrogens is 2. The predicted molar refractivity (Wildman–Crippen MR) is 91.2 cm³/mol. The van der Waals surface area contributed by atoms with Crippen molar-refractivity contribution in [3.63, 3.8) is 0 Å². The number of carbonyl (C=O) groups is 1. The Bertz CT molecular complexity index is 701. The molecular weight excluding hydrogens is 292 g/mol. The normalized spacial score (nSPS) is 10.3. The molecule has 122 valence electrons. The summed E-state index contributed by atoms with van der Waals surface area (Å²) in [6.45, 7) is 6.58. The Hall–Kier alpha value is -2.63. The highest BCUT2D eigenvalue weighted by Gasteiger charge is 2.13. The molecule has 23 heavy (non-hydrogen) atoms. The first kappa shape index (κ1) is 16.7. The lowest BCUT2D eigenvalue weighted by atomic mass is 10.2. The quantitative estimate of drug-likeness (QED) is 0.856. The van der Waals surface area contributed by atoms with Gasteiger partial charge in [0.05, 0.1) is 12.8 Å². The van der Waals surface area contributed by atoms with E-state index in [2.05, 4.69) is 27.5 Å². The molecule has 1 amide bonds. The number of anilines is 2. The van der Waals surface area contributed by atoms with E-state index in [0.29, 0.717) is 28.8 Å². The van der Waals surface area contributed by atoms with Crippen LogP contribution in [0, 0.1) is 13.8 Å². The molecule has 0 bridgehead atoms. The fourth-order valence-corrected chi connectivity index (χ4v) is 2.13. The second kappa shape index (κ2) is 7.58. The van der Waals surface area contributed by atoms with Gasteiger partial charge in [-0.2, -0.15) is 0 Å². The van der Waals surface area contributed by atoms with Gasteiger partial charge in [0.1, 0.15) is 23.1 Å². The second-order valence-corrected chi connectivity index (χ2v) is 5.27. The van der Waals surface area contributed by atoms with Crippen molar-refractivity contribution in [2.24, 2.45) is 0 Å². The Labute approximate surface area is 136 Å². The number of hydrogen-bond donors (Lipinski definition) is 2. The third kappa shape index (κ3) is 4.42. The number of hydrogen-bond acceptors (Lipinski definition) is 5. The number of benzene rings is 1. The minimum Gasteiger partial charge on any atom is -0.495 e. The molecule has 0 aliphatic heterocycles. The van der Waals surface area contributed by atoms with Gasteiger partial charge < -0.3 is 15.4 Å². The van der Waals surface area contributed by atoms with E-state index < -0.39 is 0 Å². The smallest absolute Gasteiger partial charge is 0.274 e. The van der Waals surface area contributed by atoms with Crippen LogP contribution < -0.4 is 15.4 Å². The molecule has 2 N–H and O–H groups in total. The topological polar surface area (TPSA) is 76.1 Å². The number of nitrogens with zero attached hydrogens (tertiary/aromatic N) is 2. The lowest BCUT2D eigenvalue weighted by Gasteiger charge is -2.12. The van der Waals surface area contributed by atoms with Gasteiger partial charge in [0.15, 0.2) is 0 Å². The molecule has 0 aliphatic rings. The third-order valence-electron chi connectivity index (χ3n) is 3.23. The Morgan fingerprint density at radius 2 is 2.00 bits per heavy atom. The van der Waals surface area contributed by atoms with Crippen LogP contribution in [0.2, 0.25) is 0 Å². The largest absolute Gasteiger partial charge is 0.495 e.